The molecule has 6 nitrogen and oxygen atoms in total. The number of amides is 2. The zero-order chi connectivity index (χ0) is 21.6. The Hall–Kier alpha value is -2.34. The summed E-state index contributed by atoms with van der Waals surface area (Å²) in [6, 6.07) is 10.9. The van der Waals surface area contributed by atoms with Crippen molar-refractivity contribution in [1.29, 1.82) is 0 Å². The summed E-state index contributed by atoms with van der Waals surface area (Å²) in [7, 11) is 0. The topological polar surface area (TPSA) is 71.0 Å². The Morgan fingerprint density at radius 3 is 2.28 bits per heavy atom. The third-order valence-corrected chi connectivity index (χ3v) is 5.10. The average molecular weight is 400 g/mol. The first-order chi connectivity index (χ1) is 13.7. The van der Waals surface area contributed by atoms with E-state index in [2.05, 4.69) is 79.9 Å². The van der Waals surface area contributed by atoms with Gasteiger partial charge in [-0.15, -0.1) is 0 Å². The lowest BCUT2D eigenvalue weighted by atomic mass is 10.0. The summed E-state index contributed by atoms with van der Waals surface area (Å²) in [5, 5.41) is 14.2. The van der Waals surface area contributed by atoms with Crippen molar-refractivity contribution in [2.45, 2.75) is 73.0 Å². The molecule has 29 heavy (non-hydrogen) atoms. The summed E-state index contributed by atoms with van der Waals surface area (Å²) in [4.78, 5) is 12.6. The van der Waals surface area contributed by atoms with Crippen LogP contribution in [0.5, 0.6) is 0 Å². The quantitative estimate of drug-likeness (QED) is 0.558. The van der Waals surface area contributed by atoms with Crippen molar-refractivity contribution in [3.05, 3.63) is 47.3 Å². The molecule has 1 aromatic heterocycles. The van der Waals surface area contributed by atoms with E-state index in [0.29, 0.717) is 12.5 Å². The van der Waals surface area contributed by atoms with Gasteiger partial charge in [-0.1, -0.05) is 44.2 Å². The van der Waals surface area contributed by atoms with Crippen molar-refractivity contribution < 1.29 is 4.79 Å². The molecule has 160 valence electrons. The molecule has 0 aliphatic carbocycles. The zero-order valence-corrected chi connectivity index (χ0v) is 18.9. The first-order valence-corrected chi connectivity index (χ1v) is 10.6. The van der Waals surface area contributed by atoms with Gasteiger partial charge in [0.15, 0.2) is 0 Å². The Bertz CT molecular complexity index is 782. The van der Waals surface area contributed by atoms with Gasteiger partial charge in [-0.2, -0.15) is 5.10 Å². The minimum atomic E-state index is -0.192. The zero-order valence-electron chi connectivity index (χ0n) is 18.9. The smallest absolute Gasteiger partial charge is 0.319 e. The van der Waals surface area contributed by atoms with E-state index in [1.165, 1.54) is 5.56 Å². The van der Waals surface area contributed by atoms with Gasteiger partial charge >= 0.3 is 6.03 Å². The first kappa shape index (κ1) is 22.9. The average Bonchev–Trinajstić information content (AvgIpc) is 2.94. The predicted octanol–water partition coefficient (Wildman–Crippen LogP) is 4.97. The molecule has 2 aromatic rings. The summed E-state index contributed by atoms with van der Waals surface area (Å²) in [5.74, 6) is 0.536. The summed E-state index contributed by atoms with van der Waals surface area (Å²) < 4.78 is 1.94. The number of carbonyl (C=O) groups excluding carboxylic acids is 1. The highest BCUT2D eigenvalue weighted by Crippen LogP contribution is 2.22. The number of hydrogen-bond acceptors (Lipinski definition) is 3. The second-order valence-electron chi connectivity index (χ2n) is 8.54. The van der Waals surface area contributed by atoms with E-state index in [1.807, 2.05) is 24.6 Å². The van der Waals surface area contributed by atoms with Crippen LogP contribution in [-0.2, 0) is 0 Å². The number of rotatable bonds is 9. The highest BCUT2D eigenvalue weighted by Gasteiger charge is 2.18. The Morgan fingerprint density at radius 2 is 1.72 bits per heavy atom. The van der Waals surface area contributed by atoms with Crippen molar-refractivity contribution in [2.75, 3.05) is 11.9 Å². The van der Waals surface area contributed by atoms with Gasteiger partial charge in [0.05, 0.1) is 17.1 Å². The number of nitrogens with one attached hydrogen (secondary N) is 3. The number of aromatic nitrogens is 2. The number of hydrogen-bond donors (Lipinski definition) is 3. The highest BCUT2D eigenvalue weighted by atomic mass is 16.2. The van der Waals surface area contributed by atoms with Crippen LogP contribution < -0.4 is 16.0 Å². The Labute approximate surface area is 175 Å². The number of benzene rings is 1. The van der Waals surface area contributed by atoms with Crippen LogP contribution in [0.3, 0.4) is 0 Å². The van der Waals surface area contributed by atoms with Gasteiger partial charge in [-0.3, -0.25) is 4.68 Å². The van der Waals surface area contributed by atoms with Crippen molar-refractivity contribution >= 4 is 11.7 Å². The number of nitrogens with zero attached hydrogens (tertiary/aromatic N) is 2. The lowest BCUT2D eigenvalue weighted by Gasteiger charge is -2.25. The van der Waals surface area contributed by atoms with Gasteiger partial charge in [0.1, 0.15) is 0 Å². The molecular formula is C23H37N5O. The second-order valence-corrected chi connectivity index (χ2v) is 8.54. The van der Waals surface area contributed by atoms with E-state index in [4.69, 9.17) is 0 Å². The summed E-state index contributed by atoms with van der Waals surface area (Å²) in [5.41, 5.74) is 3.85. The molecule has 0 radical (unpaired) electrons. The van der Waals surface area contributed by atoms with E-state index in [9.17, 15) is 4.79 Å². The van der Waals surface area contributed by atoms with Crippen LogP contribution in [0.2, 0.25) is 0 Å². The molecule has 6 heteroatoms. The third-order valence-electron chi connectivity index (χ3n) is 5.10. The van der Waals surface area contributed by atoms with Crippen LogP contribution in [0.1, 0.15) is 70.1 Å². The maximum Gasteiger partial charge on any atom is 0.319 e. The molecule has 2 atom stereocenters. The van der Waals surface area contributed by atoms with Crippen molar-refractivity contribution in [3.63, 3.8) is 0 Å². The Kier molecular flexibility index (Phi) is 8.26. The largest absolute Gasteiger partial charge is 0.336 e. The van der Waals surface area contributed by atoms with Crippen molar-refractivity contribution in [3.8, 4) is 0 Å². The number of anilines is 1. The maximum atomic E-state index is 12.6. The standard InChI is InChI=1S/C23H37N5O/c1-15(2)13-21(25-17(5)20-11-9-8-10-12-20)14-24-23(29)26-22-18(6)27-28(16(3)4)19(22)7/h8-12,15-17,21,25H,13-14H2,1-7H3,(H2,24,26,29)/t17-,21-/m1/s1. The SMILES string of the molecule is Cc1nn(C(C)C)c(C)c1NC(=O)NC[C@@H](CC(C)C)N[C@H](C)c1ccccc1. The molecule has 0 fully saturated rings. The first-order valence-electron chi connectivity index (χ1n) is 10.6. The van der Waals surface area contributed by atoms with E-state index >= 15 is 0 Å². The fourth-order valence-electron chi connectivity index (χ4n) is 3.69. The fourth-order valence-corrected chi connectivity index (χ4v) is 3.69. The molecule has 0 aliphatic heterocycles. The lowest BCUT2D eigenvalue weighted by Crippen LogP contribution is -2.44. The van der Waals surface area contributed by atoms with Gasteiger partial charge in [0.2, 0.25) is 0 Å². The molecule has 1 aromatic carbocycles. The minimum absolute atomic E-state index is 0.191. The Balaban J connectivity index is 1.97. The Morgan fingerprint density at radius 1 is 1.07 bits per heavy atom. The molecule has 3 N–H and O–H groups in total. The van der Waals surface area contributed by atoms with Crippen molar-refractivity contribution in [2.24, 2.45) is 5.92 Å². The van der Waals surface area contributed by atoms with Crippen LogP contribution >= 0.6 is 0 Å². The van der Waals surface area contributed by atoms with Gasteiger partial charge in [0, 0.05) is 24.7 Å². The molecule has 0 bridgehead atoms. The van der Waals surface area contributed by atoms with Crippen LogP contribution in [0, 0.1) is 19.8 Å². The molecule has 0 saturated heterocycles. The van der Waals surface area contributed by atoms with Gasteiger partial charge in [-0.05, 0) is 52.5 Å². The van der Waals surface area contributed by atoms with E-state index < -0.39 is 0 Å². The monoisotopic (exact) mass is 399 g/mol. The predicted molar refractivity (Wildman–Crippen MR) is 120 cm³/mol. The summed E-state index contributed by atoms with van der Waals surface area (Å²) >= 11 is 0. The van der Waals surface area contributed by atoms with Crippen LogP contribution in [0.25, 0.3) is 0 Å². The summed E-state index contributed by atoms with van der Waals surface area (Å²) in [6.45, 7) is 15.2. The number of urea groups is 1. The number of aryl methyl sites for hydroxylation is 1. The van der Waals surface area contributed by atoms with E-state index in [-0.39, 0.29) is 24.2 Å². The highest BCUT2D eigenvalue weighted by molar-refractivity contribution is 5.90. The third kappa shape index (κ3) is 6.60. The van der Waals surface area contributed by atoms with Crippen LogP contribution in [-0.4, -0.2) is 28.4 Å². The molecule has 0 aliphatic rings. The van der Waals surface area contributed by atoms with E-state index in [1.54, 1.807) is 0 Å². The minimum Gasteiger partial charge on any atom is -0.336 e. The number of carbonyl (C=O) groups is 1. The molecular weight excluding hydrogens is 362 g/mol. The molecule has 0 saturated carbocycles. The molecule has 0 spiro atoms. The summed E-state index contributed by atoms with van der Waals surface area (Å²) in [6.07, 6.45) is 0.987. The second kappa shape index (κ2) is 10.4. The molecule has 2 amide bonds. The van der Waals surface area contributed by atoms with Gasteiger partial charge < -0.3 is 16.0 Å². The normalized spacial score (nSPS) is 13.6. The maximum absolute atomic E-state index is 12.6. The van der Waals surface area contributed by atoms with Gasteiger partial charge in [0.25, 0.3) is 0 Å². The van der Waals surface area contributed by atoms with Crippen molar-refractivity contribution in [1.82, 2.24) is 20.4 Å². The fraction of sp³-hybridized carbons (Fsp3) is 0.565. The molecule has 0 unspecified atom stereocenters. The van der Waals surface area contributed by atoms with Gasteiger partial charge in [-0.25, -0.2) is 4.79 Å². The molecule has 2 rings (SSSR count). The lowest BCUT2D eigenvalue weighted by molar-refractivity contribution is 0.249. The van der Waals surface area contributed by atoms with Crippen LogP contribution in [0.15, 0.2) is 30.3 Å². The molecule has 1 heterocycles. The van der Waals surface area contributed by atoms with Crippen LogP contribution in [0.4, 0.5) is 10.5 Å². The van der Waals surface area contributed by atoms with E-state index in [0.717, 1.165) is 23.5 Å².